The highest BCUT2D eigenvalue weighted by atomic mass is 79.9. The Morgan fingerprint density at radius 3 is 3.00 bits per heavy atom. The maximum Gasteiger partial charge on any atom is 0.170 e. The average molecular weight is 265 g/mol. The van der Waals surface area contributed by atoms with Crippen LogP contribution in [-0.2, 0) is 0 Å². The molecule has 0 aromatic carbocycles. The molecule has 0 aliphatic heterocycles. The van der Waals surface area contributed by atoms with Gasteiger partial charge in [-0.3, -0.25) is 0 Å². The van der Waals surface area contributed by atoms with Crippen LogP contribution >= 0.6 is 15.9 Å². The van der Waals surface area contributed by atoms with Gasteiger partial charge in [-0.2, -0.15) is 5.10 Å². The monoisotopic (exact) mass is 264 g/mol. The second kappa shape index (κ2) is 3.41. The molecule has 0 radical (unpaired) electrons. The van der Waals surface area contributed by atoms with E-state index in [0.717, 1.165) is 10.3 Å². The molecule has 0 atom stereocenters. The molecular weight excluding hydrogens is 256 g/mol. The zero-order valence-corrected chi connectivity index (χ0v) is 9.55. The Morgan fingerprint density at radius 1 is 1.40 bits per heavy atom. The highest BCUT2D eigenvalue weighted by Crippen LogP contribution is 2.39. The lowest BCUT2D eigenvalue weighted by Gasteiger charge is -2.01. The third kappa shape index (κ3) is 1.67. The van der Waals surface area contributed by atoms with Crippen LogP contribution in [0.15, 0.2) is 29.3 Å². The van der Waals surface area contributed by atoms with Gasteiger partial charge in [0.1, 0.15) is 6.33 Å². The first-order chi connectivity index (χ1) is 7.34. The summed E-state index contributed by atoms with van der Waals surface area (Å²) in [5.41, 5.74) is 1.17. The standard InChI is InChI=1S/C10H9BrN4/c11-8-5-12-6-13-10(8)15-4-3-9(14-15)7-1-2-7/h3-7H,1-2H2. The molecule has 0 saturated heterocycles. The summed E-state index contributed by atoms with van der Waals surface area (Å²) in [5, 5.41) is 4.50. The third-order valence-electron chi connectivity index (χ3n) is 2.47. The second-order valence-electron chi connectivity index (χ2n) is 3.65. The van der Waals surface area contributed by atoms with Crippen LogP contribution in [0.5, 0.6) is 0 Å². The average Bonchev–Trinajstić information content (AvgIpc) is 2.99. The highest BCUT2D eigenvalue weighted by Gasteiger charge is 2.26. The van der Waals surface area contributed by atoms with Gasteiger partial charge in [-0.05, 0) is 34.8 Å². The Balaban J connectivity index is 2.01. The van der Waals surface area contributed by atoms with Crippen LogP contribution in [0.1, 0.15) is 24.5 Å². The van der Waals surface area contributed by atoms with Gasteiger partial charge in [0.05, 0.1) is 10.2 Å². The molecule has 1 fully saturated rings. The van der Waals surface area contributed by atoms with E-state index >= 15 is 0 Å². The summed E-state index contributed by atoms with van der Waals surface area (Å²) in [6, 6.07) is 2.06. The van der Waals surface area contributed by atoms with Crippen molar-refractivity contribution in [2.24, 2.45) is 0 Å². The van der Waals surface area contributed by atoms with Crippen molar-refractivity contribution in [3.05, 3.63) is 35.0 Å². The lowest BCUT2D eigenvalue weighted by Crippen LogP contribution is -2.00. The Morgan fingerprint density at radius 2 is 2.27 bits per heavy atom. The minimum Gasteiger partial charge on any atom is -0.243 e. The fourth-order valence-electron chi connectivity index (χ4n) is 1.53. The van der Waals surface area contributed by atoms with E-state index in [1.807, 2.05) is 6.20 Å². The number of hydrogen-bond acceptors (Lipinski definition) is 3. The van der Waals surface area contributed by atoms with E-state index in [1.54, 1.807) is 10.9 Å². The van der Waals surface area contributed by atoms with Gasteiger partial charge in [-0.15, -0.1) is 0 Å². The fraction of sp³-hybridized carbons (Fsp3) is 0.300. The van der Waals surface area contributed by atoms with Crippen LogP contribution in [0.25, 0.3) is 5.82 Å². The predicted octanol–water partition coefficient (Wildman–Crippen LogP) is 2.30. The first-order valence-corrected chi connectivity index (χ1v) is 5.65. The van der Waals surface area contributed by atoms with Crippen molar-refractivity contribution < 1.29 is 0 Å². The van der Waals surface area contributed by atoms with Crippen molar-refractivity contribution >= 4 is 15.9 Å². The molecule has 2 aromatic heterocycles. The van der Waals surface area contributed by atoms with Gasteiger partial charge >= 0.3 is 0 Å². The van der Waals surface area contributed by atoms with Crippen LogP contribution in [0.2, 0.25) is 0 Å². The Kier molecular flexibility index (Phi) is 2.05. The molecule has 76 valence electrons. The summed E-state index contributed by atoms with van der Waals surface area (Å²) in [6.45, 7) is 0. The van der Waals surface area contributed by atoms with Gasteiger partial charge in [-0.1, -0.05) is 0 Å². The summed E-state index contributed by atoms with van der Waals surface area (Å²) < 4.78 is 2.65. The van der Waals surface area contributed by atoms with Crippen molar-refractivity contribution in [3.63, 3.8) is 0 Å². The molecule has 0 N–H and O–H groups in total. The predicted molar refractivity (Wildman–Crippen MR) is 58.8 cm³/mol. The molecule has 2 aromatic rings. The number of halogens is 1. The molecule has 4 nitrogen and oxygen atoms in total. The summed E-state index contributed by atoms with van der Waals surface area (Å²) in [4.78, 5) is 8.11. The maximum absolute atomic E-state index is 4.50. The molecule has 1 aliphatic rings. The lowest BCUT2D eigenvalue weighted by atomic mass is 10.3. The summed E-state index contributed by atoms with van der Waals surface area (Å²) in [6.07, 6.45) is 7.73. The third-order valence-corrected chi connectivity index (χ3v) is 3.03. The van der Waals surface area contributed by atoms with Crippen LogP contribution in [0, 0.1) is 0 Å². The first-order valence-electron chi connectivity index (χ1n) is 4.86. The number of hydrogen-bond donors (Lipinski definition) is 0. The van der Waals surface area contributed by atoms with Gasteiger partial charge < -0.3 is 0 Å². The summed E-state index contributed by atoms with van der Waals surface area (Å²) >= 11 is 3.41. The van der Waals surface area contributed by atoms with Gasteiger partial charge in [0.25, 0.3) is 0 Å². The van der Waals surface area contributed by atoms with Gasteiger partial charge in [0.2, 0.25) is 0 Å². The van der Waals surface area contributed by atoms with E-state index in [2.05, 4.69) is 37.1 Å². The largest absolute Gasteiger partial charge is 0.243 e. The van der Waals surface area contributed by atoms with Crippen molar-refractivity contribution in [2.75, 3.05) is 0 Å². The molecule has 1 saturated carbocycles. The molecule has 0 bridgehead atoms. The molecule has 0 unspecified atom stereocenters. The van der Waals surface area contributed by atoms with Crippen LogP contribution in [0.4, 0.5) is 0 Å². The molecule has 0 spiro atoms. The van der Waals surface area contributed by atoms with Crippen molar-refractivity contribution in [2.45, 2.75) is 18.8 Å². The molecule has 0 amide bonds. The summed E-state index contributed by atoms with van der Waals surface area (Å²) in [7, 11) is 0. The van der Waals surface area contributed by atoms with Crippen molar-refractivity contribution in [3.8, 4) is 5.82 Å². The molecule has 15 heavy (non-hydrogen) atoms. The lowest BCUT2D eigenvalue weighted by molar-refractivity contribution is 0.803. The number of rotatable bonds is 2. The van der Waals surface area contributed by atoms with Crippen LogP contribution in [-0.4, -0.2) is 19.7 Å². The maximum atomic E-state index is 4.50. The Hall–Kier alpha value is -1.23. The van der Waals surface area contributed by atoms with Crippen molar-refractivity contribution in [1.82, 2.24) is 19.7 Å². The number of aromatic nitrogens is 4. The smallest absolute Gasteiger partial charge is 0.170 e. The Labute approximate surface area is 95.5 Å². The van der Waals surface area contributed by atoms with Gasteiger partial charge in [0.15, 0.2) is 5.82 Å². The molecule has 1 aliphatic carbocycles. The zero-order chi connectivity index (χ0) is 10.3. The van der Waals surface area contributed by atoms with E-state index < -0.39 is 0 Å². The van der Waals surface area contributed by atoms with Gasteiger partial charge in [-0.25, -0.2) is 14.6 Å². The van der Waals surface area contributed by atoms with Crippen LogP contribution < -0.4 is 0 Å². The summed E-state index contributed by atoms with van der Waals surface area (Å²) in [5.74, 6) is 1.46. The van der Waals surface area contributed by atoms with Crippen molar-refractivity contribution in [1.29, 1.82) is 0 Å². The molecular formula is C10H9BrN4. The molecule has 5 heteroatoms. The van der Waals surface area contributed by atoms with Crippen LogP contribution in [0.3, 0.4) is 0 Å². The fourth-order valence-corrected chi connectivity index (χ4v) is 1.93. The van der Waals surface area contributed by atoms with E-state index in [4.69, 9.17) is 0 Å². The van der Waals surface area contributed by atoms with E-state index in [9.17, 15) is 0 Å². The molecule has 3 rings (SSSR count). The van der Waals surface area contributed by atoms with Gasteiger partial charge in [0, 0.05) is 18.3 Å². The number of nitrogens with zero attached hydrogens (tertiary/aromatic N) is 4. The first kappa shape index (κ1) is 9.03. The zero-order valence-electron chi connectivity index (χ0n) is 7.97. The Bertz CT molecular complexity index is 490. The SMILES string of the molecule is Brc1cncnc1-n1ccc(C2CC2)n1. The topological polar surface area (TPSA) is 43.6 Å². The minimum absolute atomic E-state index is 0.673. The second-order valence-corrected chi connectivity index (χ2v) is 4.51. The minimum atomic E-state index is 0.673. The normalized spacial score (nSPS) is 15.5. The van der Waals surface area contributed by atoms with E-state index in [1.165, 1.54) is 24.9 Å². The van der Waals surface area contributed by atoms with E-state index in [-0.39, 0.29) is 0 Å². The highest BCUT2D eigenvalue weighted by molar-refractivity contribution is 9.10. The quantitative estimate of drug-likeness (QED) is 0.836. The molecule has 2 heterocycles. The van der Waals surface area contributed by atoms with E-state index in [0.29, 0.717) is 5.92 Å².